The summed E-state index contributed by atoms with van der Waals surface area (Å²) in [7, 11) is 1.68. The van der Waals surface area contributed by atoms with Crippen molar-refractivity contribution in [2.75, 3.05) is 39.8 Å². The van der Waals surface area contributed by atoms with E-state index in [1.54, 1.807) is 7.11 Å². The van der Waals surface area contributed by atoms with Crippen LogP contribution in [0.5, 0.6) is 5.75 Å². The number of fused-ring (bicyclic) bond motifs is 3. The molecule has 0 saturated carbocycles. The molecular weight excluding hydrogens is 262 g/mol. The Balaban J connectivity index is 1.87. The predicted molar refractivity (Wildman–Crippen MR) is 76.7 cm³/mol. The minimum absolute atomic E-state index is 0.0586. The van der Waals surface area contributed by atoms with Gasteiger partial charge in [0.25, 0.3) is 0 Å². The Labute approximate surface area is 119 Å². The molecule has 3 aliphatic heterocycles. The fraction of sp³-hybridized carbons (Fsp3) is 0.571. The number of rotatable bonds is 3. The van der Waals surface area contributed by atoms with Gasteiger partial charge in [-0.05, 0) is 18.2 Å². The molecule has 2 atom stereocenters. The molecule has 0 aromatic heterocycles. The first kappa shape index (κ1) is 13.2. The van der Waals surface area contributed by atoms with Crippen LogP contribution in [0.2, 0.25) is 5.02 Å². The molecular formula is C14H20ClN3O. The van der Waals surface area contributed by atoms with Gasteiger partial charge in [-0.2, -0.15) is 0 Å². The lowest BCUT2D eigenvalue weighted by Gasteiger charge is -2.49. The predicted octanol–water partition coefficient (Wildman–Crippen LogP) is 1.35. The average Bonchev–Trinajstić information content (AvgIpc) is 2.47. The standard InChI is InChI=1S/C14H20ClN3O/c1-19-13-3-2-10(15)8-11(13)14(16)12-9-17-4-6-18(12)7-5-17/h2-3,8,12,14H,4-7,9,16H2,1H3. The Bertz CT molecular complexity index is 460. The third kappa shape index (κ3) is 2.46. The van der Waals surface area contributed by atoms with E-state index in [9.17, 15) is 0 Å². The topological polar surface area (TPSA) is 41.7 Å². The van der Waals surface area contributed by atoms with Gasteiger partial charge < -0.3 is 10.5 Å². The monoisotopic (exact) mass is 281 g/mol. The van der Waals surface area contributed by atoms with Crippen LogP contribution in [0.4, 0.5) is 0 Å². The van der Waals surface area contributed by atoms with Gasteiger partial charge in [-0.3, -0.25) is 9.80 Å². The van der Waals surface area contributed by atoms with Crippen molar-refractivity contribution >= 4 is 11.6 Å². The molecule has 0 spiro atoms. The van der Waals surface area contributed by atoms with Crippen molar-refractivity contribution in [2.45, 2.75) is 12.1 Å². The minimum atomic E-state index is -0.0586. The highest BCUT2D eigenvalue weighted by molar-refractivity contribution is 6.30. The number of ether oxygens (including phenoxy) is 1. The lowest BCUT2D eigenvalue weighted by molar-refractivity contribution is 0.00187. The number of nitrogens with zero attached hydrogens (tertiary/aromatic N) is 2. The van der Waals surface area contributed by atoms with Gasteiger partial charge in [0.2, 0.25) is 0 Å². The molecule has 0 aliphatic carbocycles. The zero-order valence-corrected chi connectivity index (χ0v) is 11.9. The molecule has 104 valence electrons. The summed E-state index contributed by atoms with van der Waals surface area (Å²) in [4.78, 5) is 4.98. The molecule has 1 aromatic carbocycles. The highest BCUT2D eigenvalue weighted by atomic mass is 35.5. The van der Waals surface area contributed by atoms with Gasteiger partial charge in [0.05, 0.1) is 13.2 Å². The second-order valence-electron chi connectivity index (χ2n) is 5.32. The van der Waals surface area contributed by atoms with Crippen molar-refractivity contribution in [2.24, 2.45) is 5.73 Å². The van der Waals surface area contributed by atoms with Crippen molar-refractivity contribution in [3.05, 3.63) is 28.8 Å². The molecule has 3 heterocycles. The molecule has 4 rings (SSSR count). The Morgan fingerprint density at radius 2 is 2.05 bits per heavy atom. The Morgan fingerprint density at radius 3 is 2.63 bits per heavy atom. The molecule has 0 radical (unpaired) electrons. The number of benzene rings is 1. The number of hydrogen-bond acceptors (Lipinski definition) is 4. The van der Waals surface area contributed by atoms with Gasteiger partial charge >= 0.3 is 0 Å². The Kier molecular flexibility index (Phi) is 3.67. The number of halogens is 1. The second-order valence-corrected chi connectivity index (χ2v) is 5.75. The Hall–Kier alpha value is -0.810. The third-order valence-electron chi connectivity index (χ3n) is 4.29. The first-order chi connectivity index (χ1) is 9.19. The molecule has 2 N–H and O–H groups in total. The molecule has 2 unspecified atom stereocenters. The van der Waals surface area contributed by atoms with Crippen molar-refractivity contribution < 1.29 is 4.74 Å². The van der Waals surface area contributed by atoms with E-state index in [-0.39, 0.29) is 6.04 Å². The summed E-state index contributed by atoms with van der Waals surface area (Å²) in [5.41, 5.74) is 7.50. The molecule has 4 nitrogen and oxygen atoms in total. The molecule has 2 bridgehead atoms. The number of hydrogen-bond donors (Lipinski definition) is 1. The van der Waals surface area contributed by atoms with Crippen LogP contribution in [0.3, 0.4) is 0 Å². The van der Waals surface area contributed by atoms with Gasteiger partial charge in [0.15, 0.2) is 0 Å². The maximum atomic E-state index is 6.49. The maximum absolute atomic E-state index is 6.49. The van der Waals surface area contributed by atoms with Gasteiger partial charge in [-0.25, -0.2) is 0 Å². The lowest BCUT2D eigenvalue weighted by Crippen LogP contribution is -2.63. The van der Waals surface area contributed by atoms with Crippen molar-refractivity contribution in [3.63, 3.8) is 0 Å². The van der Waals surface area contributed by atoms with Crippen LogP contribution < -0.4 is 10.5 Å². The minimum Gasteiger partial charge on any atom is -0.496 e. The van der Waals surface area contributed by atoms with Gasteiger partial charge in [0, 0.05) is 49.4 Å². The SMILES string of the molecule is COc1ccc(Cl)cc1C(N)C1CN2CCN1CC2. The zero-order valence-electron chi connectivity index (χ0n) is 11.2. The van der Waals surface area contributed by atoms with Crippen LogP contribution >= 0.6 is 11.6 Å². The first-order valence-corrected chi connectivity index (χ1v) is 7.12. The number of piperazine rings is 3. The van der Waals surface area contributed by atoms with E-state index >= 15 is 0 Å². The summed E-state index contributed by atoms with van der Waals surface area (Å²) in [6.07, 6.45) is 0. The van der Waals surface area contributed by atoms with Gasteiger partial charge in [-0.1, -0.05) is 11.6 Å². The lowest BCUT2D eigenvalue weighted by atomic mass is 9.94. The normalized spacial score (nSPS) is 31.2. The van der Waals surface area contributed by atoms with E-state index in [1.807, 2.05) is 18.2 Å². The van der Waals surface area contributed by atoms with Crippen LogP contribution in [0.1, 0.15) is 11.6 Å². The summed E-state index contributed by atoms with van der Waals surface area (Å²) >= 11 is 6.10. The van der Waals surface area contributed by atoms with Crippen LogP contribution in [0, 0.1) is 0 Å². The average molecular weight is 282 g/mol. The van der Waals surface area contributed by atoms with Crippen LogP contribution in [0.15, 0.2) is 18.2 Å². The van der Waals surface area contributed by atoms with Crippen LogP contribution in [0.25, 0.3) is 0 Å². The number of nitrogens with two attached hydrogens (primary N) is 1. The van der Waals surface area contributed by atoms with Crippen LogP contribution in [-0.2, 0) is 0 Å². The zero-order chi connectivity index (χ0) is 13.4. The number of methoxy groups -OCH3 is 1. The summed E-state index contributed by atoms with van der Waals surface area (Å²) in [6.45, 7) is 5.59. The molecule has 19 heavy (non-hydrogen) atoms. The van der Waals surface area contributed by atoms with E-state index in [2.05, 4.69) is 9.80 Å². The molecule has 0 amide bonds. The first-order valence-electron chi connectivity index (χ1n) is 6.74. The molecule has 3 saturated heterocycles. The Morgan fingerprint density at radius 1 is 1.32 bits per heavy atom. The highest BCUT2D eigenvalue weighted by Gasteiger charge is 2.36. The van der Waals surface area contributed by atoms with E-state index in [0.29, 0.717) is 11.1 Å². The second kappa shape index (κ2) is 5.29. The van der Waals surface area contributed by atoms with E-state index in [1.165, 1.54) is 0 Å². The van der Waals surface area contributed by atoms with E-state index < -0.39 is 0 Å². The van der Waals surface area contributed by atoms with E-state index in [4.69, 9.17) is 22.1 Å². The third-order valence-corrected chi connectivity index (χ3v) is 4.52. The molecule has 3 aliphatic rings. The van der Waals surface area contributed by atoms with Crippen molar-refractivity contribution in [1.82, 2.24) is 9.80 Å². The van der Waals surface area contributed by atoms with Gasteiger partial charge in [-0.15, -0.1) is 0 Å². The van der Waals surface area contributed by atoms with E-state index in [0.717, 1.165) is 44.0 Å². The fourth-order valence-corrected chi connectivity index (χ4v) is 3.35. The molecule has 5 heteroatoms. The summed E-state index contributed by atoms with van der Waals surface area (Å²) in [6, 6.07) is 5.97. The molecule has 3 fully saturated rings. The van der Waals surface area contributed by atoms with Crippen LogP contribution in [-0.4, -0.2) is 55.7 Å². The summed E-state index contributed by atoms with van der Waals surface area (Å²) < 4.78 is 5.42. The quantitative estimate of drug-likeness (QED) is 0.908. The van der Waals surface area contributed by atoms with Gasteiger partial charge in [0.1, 0.15) is 5.75 Å². The smallest absolute Gasteiger partial charge is 0.123 e. The van der Waals surface area contributed by atoms with Crippen molar-refractivity contribution in [1.29, 1.82) is 0 Å². The summed E-state index contributed by atoms with van der Waals surface area (Å²) in [5.74, 6) is 0.828. The van der Waals surface area contributed by atoms with Crippen molar-refractivity contribution in [3.8, 4) is 5.75 Å². The fourth-order valence-electron chi connectivity index (χ4n) is 3.17. The molecule has 1 aromatic rings. The summed E-state index contributed by atoms with van der Waals surface area (Å²) in [5, 5.41) is 0.711. The maximum Gasteiger partial charge on any atom is 0.123 e. The largest absolute Gasteiger partial charge is 0.496 e. The highest BCUT2D eigenvalue weighted by Crippen LogP contribution is 2.32.